The molecule has 0 spiro atoms. The van der Waals surface area contributed by atoms with Gasteiger partial charge in [-0.05, 0) is 19.4 Å². The summed E-state index contributed by atoms with van der Waals surface area (Å²) in [5, 5.41) is 7.60. The number of nitrogens with zero attached hydrogens (tertiary/aromatic N) is 1. The van der Waals surface area contributed by atoms with Gasteiger partial charge in [-0.15, -0.1) is 0 Å². The first-order chi connectivity index (χ1) is 9.40. The van der Waals surface area contributed by atoms with Crippen molar-refractivity contribution in [1.82, 2.24) is 4.98 Å². The zero-order chi connectivity index (χ0) is 14.9. The average molecular weight is 318 g/mol. The smallest absolute Gasteiger partial charge is 0.147 e. The molecule has 2 unspecified atom stereocenters. The molecule has 1 aromatic heterocycles. The maximum absolute atomic E-state index is 6.22. The van der Waals surface area contributed by atoms with Gasteiger partial charge in [-0.25, -0.2) is 4.98 Å². The number of aromatic nitrogens is 1. The third-order valence-corrected chi connectivity index (χ3v) is 4.62. The third-order valence-electron chi connectivity index (χ3n) is 4.05. The van der Waals surface area contributed by atoms with Crippen LogP contribution in [0.15, 0.2) is 6.07 Å². The Kier molecular flexibility index (Phi) is 4.67. The fraction of sp³-hybridized carbons (Fsp3) is 0.643. The Balaban J connectivity index is 2.16. The first-order valence-electron chi connectivity index (χ1n) is 6.79. The van der Waals surface area contributed by atoms with Crippen molar-refractivity contribution in [2.45, 2.75) is 39.3 Å². The second kappa shape index (κ2) is 5.96. The van der Waals surface area contributed by atoms with Crippen molar-refractivity contribution in [1.29, 1.82) is 0 Å². The van der Waals surface area contributed by atoms with Crippen LogP contribution in [0.25, 0.3) is 0 Å². The lowest BCUT2D eigenvalue weighted by atomic mass is 9.64. The molecule has 1 aromatic rings. The molecule has 0 aromatic carbocycles. The van der Waals surface area contributed by atoms with Crippen molar-refractivity contribution < 1.29 is 4.74 Å². The number of hydrogen-bond donors (Lipinski definition) is 2. The monoisotopic (exact) mass is 317 g/mol. The lowest BCUT2D eigenvalue weighted by Crippen LogP contribution is -2.57. The molecule has 20 heavy (non-hydrogen) atoms. The summed E-state index contributed by atoms with van der Waals surface area (Å²) in [4.78, 5) is 4.47. The van der Waals surface area contributed by atoms with Crippen LogP contribution < -0.4 is 10.6 Å². The predicted octanol–water partition coefficient (Wildman–Crippen LogP) is 4.05. The minimum atomic E-state index is 0.0533. The molecule has 0 aliphatic heterocycles. The van der Waals surface area contributed by atoms with Crippen molar-refractivity contribution in [3.8, 4) is 0 Å². The van der Waals surface area contributed by atoms with Gasteiger partial charge in [0.2, 0.25) is 0 Å². The standard InChI is InChI=1S/C14H21Cl2N3O/c1-5-17-12-8(15)6-9(16)13(19-12)18-10-7-11(20-4)14(10,2)3/h6,10-11H,5,7H2,1-4H3,(H2,17,18,19). The summed E-state index contributed by atoms with van der Waals surface area (Å²) in [7, 11) is 1.75. The Hall–Kier alpha value is -0.710. The van der Waals surface area contributed by atoms with Gasteiger partial charge in [-0.2, -0.15) is 0 Å². The summed E-state index contributed by atoms with van der Waals surface area (Å²) in [5.41, 5.74) is 0.0533. The molecule has 4 nitrogen and oxygen atoms in total. The molecule has 1 fully saturated rings. The second-order valence-corrected chi connectivity index (χ2v) is 6.47. The number of nitrogens with one attached hydrogen (secondary N) is 2. The van der Waals surface area contributed by atoms with Crippen LogP contribution in [0.2, 0.25) is 10.0 Å². The van der Waals surface area contributed by atoms with E-state index in [9.17, 15) is 0 Å². The summed E-state index contributed by atoms with van der Waals surface area (Å²) >= 11 is 12.3. The van der Waals surface area contributed by atoms with Crippen LogP contribution in [0.1, 0.15) is 27.2 Å². The molecule has 1 heterocycles. The van der Waals surface area contributed by atoms with E-state index in [4.69, 9.17) is 27.9 Å². The van der Waals surface area contributed by atoms with E-state index in [1.807, 2.05) is 6.92 Å². The zero-order valence-electron chi connectivity index (χ0n) is 12.3. The van der Waals surface area contributed by atoms with E-state index in [1.165, 1.54) is 0 Å². The number of methoxy groups -OCH3 is 1. The molecule has 0 bridgehead atoms. The third kappa shape index (κ3) is 2.83. The van der Waals surface area contributed by atoms with Crippen molar-refractivity contribution in [2.75, 3.05) is 24.3 Å². The largest absolute Gasteiger partial charge is 0.381 e. The summed E-state index contributed by atoms with van der Waals surface area (Å²) in [5.74, 6) is 1.32. The lowest BCUT2D eigenvalue weighted by molar-refractivity contribution is -0.0795. The Morgan fingerprint density at radius 2 is 2.00 bits per heavy atom. The Bertz CT molecular complexity index is 494. The topological polar surface area (TPSA) is 46.2 Å². The van der Waals surface area contributed by atoms with Crippen molar-refractivity contribution in [3.05, 3.63) is 16.1 Å². The van der Waals surface area contributed by atoms with Crippen LogP contribution in [0, 0.1) is 5.41 Å². The van der Waals surface area contributed by atoms with Gasteiger partial charge in [0.15, 0.2) is 0 Å². The van der Waals surface area contributed by atoms with Gasteiger partial charge in [-0.1, -0.05) is 37.0 Å². The van der Waals surface area contributed by atoms with Crippen LogP contribution in [-0.2, 0) is 4.74 Å². The molecule has 2 rings (SSSR count). The first-order valence-corrected chi connectivity index (χ1v) is 7.55. The fourth-order valence-corrected chi connectivity index (χ4v) is 3.03. The summed E-state index contributed by atoms with van der Waals surface area (Å²) in [6.45, 7) is 7.11. The Morgan fingerprint density at radius 1 is 1.35 bits per heavy atom. The highest BCUT2D eigenvalue weighted by molar-refractivity contribution is 6.37. The van der Waals surface area contributed by atoms with Crippen LogP contribution in [0.3, 0.4) is 0 Å². The number of hydrogen-bond acceptors (Lipinski definition) is 4. The zero-order valence-corrected chi connectivity index (χ0v) is 13.8. The molecule has 1 aliphatic rings. The molecule has 0 saturated heterocycles. The SMILES string of the molecule is CCNc1nc(NC2CC(OC)C2(C)C)c(Cl)cc1Cl. The van der Waals surface area contributed by atoms with Gasteiger partial charge < -0.3 is 15.4 Å². The molecule has 2 atom stereocenters. The van der Waals surface area contributed by atoms with E-state index >= 15 is 0 Å². The van der Waals surface area contributed by atoms with Crippen molar-refractivity contribution in [3.63, 3.8) is 0 Å². The number of pyridine rings is 1. The van der Waals surface area contributed by atoms with Gasteiger partial charge >= 0.3 is 0 Å². The quantitative estimate of drug-likeness (QED) is 0.860. The van der Waals surface area contributed by atoms with Gasteiger partial charge in [0, 0.05) is 25.1 Å². The fourth-order valence-electron chi connectivity index (χ4n) is 2.55. The Morgan fingerprint density at radius 3 is 2.55 bits per heavy atom. The van der Waals surface area contributed by atoms with Crippen molar-refractivity contribution >= 4 is 34.8 Å². The highest BCUT2D eigenvalue weighted by atomic mass is 35.5. The molecular weight excluding hydrogens is 297 g/mol. The van der Waals surface area contributed by atoms with Gasteiger partial charge in [-0.3, -0.25) is 0 Å². The van der Waals surface area contributed by atoms with Gasteiger partial charge in [0.25, 0.3) is 0 Å². The van der Waals surface area contributed by atoms with Gasteiger partial charge in [0.1, 0.15) is 11.6 Å². The second-order valence-electron chi connectivity index (χ2n) is 5.66. The molecule has 6 heteroatoms. The normalized spacial score (nSPS) is 24.1. The highest BCUT2D eigenvalue weighted by Gasteiger charge is 2.48. The highest BCUT2D eigenvalue weighted by Crippen LogP contribution is 2.44. The van der Waals surface area contributed by atoms with Crippen LogP contribution in [0.4, 0.5) is 11.6 Å². The molecule has 0 radical (unpaired) electrons. The average Bonchev–Trinajstić information content (AvgIpc) is 2.38. The Labute approximate surface area is 130 Å². The molecule has 0 amide bonds. The maximum Gasteiger partial charge on any atom is 0.147 e. The first kappa shape index (κ1) is 15.7. The van der Waals surface area contributed by atoms with E-state index in [1.54, 1.807) is 13.2 Å². The van der Waals surface area contributed by atoms with Crippen molar-refractivity contribution in [2.24, 2.45) is 5.41 Å². The van der Waals surface area contributed by atoms with E-state index in [-0.39, 0.29) is 17.6 Å². The number of halogens is 2. The van der Waals surface area contributed by atoms with Crippen LogP contribution in [0.5, 0.6) is 0 Å². The molecule has 2 N–H and O–H groups in total. The minimum absolute atomic E-state index is 0.0533. The number of ether oxygens (including phenoxy) is 1. The maximum atomic E-state index is 6.22. The summed E-state index contributed by atoms with van der Waals surface area (Å²) in [6, 6.07) is 2.00. The van der Waals surface area contributed by atoms with E-state index < -0.39 is 0 Å². The predicted molar refractivity (Wildman–Crippen MR) is 85.0 cm³/mol. The van der Waals surface area contributed by atoms with E-state index in [2.05, 4.69) is 29.5 Å². The molecule has 1 saturated carbocycles. The summed E-state index contributed by atoms with van der Waals surface area (Å²) < 4.78 is 5.45. The van der Waals surface area contributed by atoms with Crippen LogP contribution in [-0.4, -0.2) is 30.8 Å². The molecule has 112 valence electrons. The minimum Gasteiger partial charge on any atom is -0.381 e. The summed E-state index contributed by atoms with van der Waals surface area (Å²) in [6.07, 6.45) is 1.21. The number of anilines is 2. The van der Waals surface area contributed by atoms with E-state index in [0.717, 1.165) is 13.0 Å². The van der Waals surface area contributed by atoms with E-state index in [0.29, 0.717) is 21.7 Å². The van der Waals surface area contributed by atoms with Gasteiger partial charge in [0.05, 0.1) is 16.1 Å². The van der Waals surface area contributed by atoms with Crippen LogP contribution >= 0.6 is 23.2 Å². The molecular formula is C14H21Cl2N3O. The number of rotatable bonds is 5. The lowest BCUT2D eigenvalue weighted by Gasteiger charge is -2.51. The molecule has 1 aliphatic carbocycles.